The number of aliphatic imine (C=N–C) groups is 1. The molecule has 236 valence electrons. The number of rotatable bonds is 11. The number of nitrogens with zero attached hydrogens (tertiary/aromatic N) is 5. The molecule has 7 heteroatoms. The van der Waals surface area contributed by atoms with Crippen molar-refractivity contribution in [2.45, 2.75) is 91.4 Å². The van der Waals surface area contributed by atoms with E-state index in [0.717, 1.165) is 61.6 Å². The van der Waals surface area contributed by atoms with Crippen LogP contribution in [0.25, 0.3) is 28.1 Å². The SMILES string of the molecule is CC(C)N1CCN(C(C)C)C(C2=NCCN2C(=O)CCCC/C=C/c2c(-c3ccc(F)cc3)c3ccccc3n2C(C)C)C1. The van der Waals surface area contributed by atoms with Crippen LogP contribution in [0, 0.1) is 5.82 Å². The lowest BCUT2D eigenvalue weighted by atomic mass is 10.0. The van der Waals surface area contributed by atoms with Crippen molar-refractivity contribution in [3.8, 4) is 11.1 Å². The van der Waals surface area contributed by atoms with E-state index in [9.17, 15) is 9.18 Å². The van der Waals surface area contributed by atoms with Crippen LogP contribution in [0.4, 0.5) is 4.39 Å². The molecule has 2 aliphatic rings. The van der Waals surface area contributed by atoms with Crippen LogP contribution in [0.1, 0.15) is 79.0 Å². The van der Waals surface area contributed by atoms with Crippen LogP contribution >= 0.6 is 0 Å². The Morgan fingerprint density at radius 2 is 1.68 bits per heavy atom. The van der Waals surface area contributed by atoms with E-state index in [1.807, 2.05) is 17.0 Å². The molecule has 2 aromatic carbocycles. The van der Waals surface area contributed by atoms with E-state index in [2.05, 4.69) is 92.3 Å². The molecule has 1 atom stereocenters. The van der Waals surface area contributed by atoms with E-state index in [1.165, 1.54) is 23.0 Å². The molecule has 44 heavy (non-hydrogen) atoms. The van der Waals surface area contributed by atoms with E-state index in [-0.39, 0.29) is 23.8 Å². The molecule has 0 bridgehead atoms. The van der Waals surface area contributed by atoms with Crippen LogP contribution in [-0.4, -0.2) is 81.9 Å². The monoisotopic (exact) mass is 599 g/mol. The van der Waals surface area contributed by atoms with Gasteiger partial charge in [0.25, 0.3) is 0 Å². The van der Waals surface area contributed by atoms with Crippen molar-refractivity contribution in [2.75, 3.05) is 32.7 Å². The van der Waals surface area contributed by atoms with Gasteiger partial charge in [-0.2, -0.15) is 0 Å². The number of carbonyl (C=O) groups is 1. The molecular weight excluding hydrogens is 549 g/mol. The minimum atomic E-state index is -0.228. The summed E-state index contributed by atoms with van der Waals surface area (Å²) >= 11 is 0. The van der Waals surface area contributed by atoms with E-state index in [1.54, 1.807) is 0 Å². The lowest BCUT2D eigenvalue weighted by Crippen LogP contribution is -2.62. The summed E-state index contributed by atoms with van der Waals surface area (Å²) in [4.78, 5) is 25.3. The summed E-state index contributed by atoms with van der Waals surface area (Å²) in [6.45, 7) is 17.8. The number of hydrogen-bond acceptors (Lipinski definition) is 4. The first-order valence-electron chi connectivity index (χ1n) is 16.6. The summed E-state index contributed by atoms with van der Waals surface area (Å²) in [5, 5.41) is 1.17. The Bertz CT molecular complexity index is 1490. The molecule has 3 heterocycles. The lowest BCUT2D eigenvalue weighted by molar-refractivity contribution is -0.127. The number of fused-ring (bicyclic) bond motifs is 1. The summed E-state index contributed by atoms with van der Waals surface area (Å²) in [5.41, 5.74) is 4.47. The summed E-state index contributed by atoms with van der Waals surface area (Å²) in [6.07, 6.45) is 7.68. The number of benzene rings is 2. The van der Waals surface area contributed by atoms with Gasteiger partial charge < -0.3 is 4.57 Å². The number of amidine groups is 1. The molecule has 6 nitrogen and oxygen atoms in total. The van der Waals surface area contributed by atoms with Crippen molar-refractivity contribution in [3.63, 3.8) is 0 Å². The van der Waals surface area contributed by atoms with Crippen molar-refractivity contribution >= 4 is 28.7 Å². The number of unbranched alkanes of at least 4 members (excludes halogenated alkanes) is 2. The largest absolute Gasteiger partial charge is 0.338 e. The fourth-order valence-electron chi connectivity index (χ4n) is 6.93. The molecule has 1 aromatic heterocycles. The van der Waals surface area contributed by atoms with E-state index in [0.29, 0.717) is 31.6 Å². The summed E-state index contributed by atoms with van der Waals surface area (Å²) in [7, 11) is 0. The molecule has 0 saturated carbocycles. The van der Waals surface area contributed by atoms with Gasteiger partial charge >= 0.3 is 0 Å². The topological polar surface area (TPSA) is 44.1 Å². The van der Waals surface area contributed by atoms with Crippen molar-refractivity contribution in [2.24, 2.45) is 4.99 Å². The first kappa shape index (κ1) is 32.1. The molecular formula is C37H50FN5O. The molecule has 3 aromatic rings. The maximum absolute atomic E-state index is 13.8. The third-order valence-electron chi connectivity index (χ3n) is 9.20. The minimum Gasteiger partial charge on any atom is -0.338 e. The van der Waals surface area contributed by atoms with Gasteiger partial charge in [-0.1, -0.05) is 36.4 Å². The number of halogens is 1. The predicted octanol–water partition coefficient (Wildman–Crippen LogP) is 7.65. The Morgan fingerprint density at radius 3 is 2.39 bits per heavy atom. The first-order chi connectivity index (χ1) is 21.2. The zero-order valence-electron chi connectivity index (χ0n) is 27.5. The molecule has 1 saturated heterocycles. The number of carbonyl (C=O) groups excluding carboxylic acids is 1. The van der Waals surface area contributed by atoms with Gasteiger partial charge in [-0.25, -0.2) is 4.39 Å². The van der Waals surface area contributed by atoms with Gasteiger partial charge in [-0.3, -0.25) is 24.5 Å². The third kappa shape index (κ3) is 6.84. The van der Waals surface area contributed by atoms with E-state index in [4.69, 9.17) is 4.99 Å². The van der Waals surface area contributed by atoms with Gasteiger partial charge in [0, 0.05) is 72.9 Å². The second-order valence-corrected chi connectivity index (χ2v) is 13.1. The number of aromatic nitrogens is 1. The number of allylic oxidation sites excluding steroid dienone is 1. The number of para-hydroxylation sites is 1. The maximum atomic E-state index is 13.8. The first-order valence-corrected chi connectivity index (χ1v) is 16.6. The highest BCUT2D eigenvalue weighted by atomic mass is 19.1. The number of hydrogen-bond donors (Lipinski definition) is 0. The Labute approximate surface area is 263 Å². The molecule has 1 fully saturated rings. The fraction of sp³-hybridized carbons (Fsp3) is 0.514. The van der Waals surface area contributed by atoms with Gasteiger partial charge in [0.15, 0.2) is 0 Å². The molecule has 5 rings (SSSR count). The van der Waals surface area contributed by atoms with Gasteiger partial charge in [0.05, 0.1) is 12.6 Å². The second kappa shape index (κ2) is 14.2. The molecule has 0 aliphatic carbocycles. The van der Waals surface area contributed by atoms with Crippen LogP contribution in [0.5, 0.6) is 0 Å². The Kier molecular flexibility index (Phi) is 10.4. The highest BCUT2D eigenvalue weighted by Gasteiger charge is 2.38. The summed E-state index contributed by atoms with van der Waals surface area (Å²) in [5.74, 6) is 0.951. The minimum absolute atomic E-state index is 0.170. The zero-order valence-corrected chi connectivity index (χ0v) is 27.5. The standard InChI is InChI=1S/C37H50FN5O/c1-26(2)40-23-24-41(27(3)4)34(25-40)37-39-21-22-42(37)35(44)16-10-8-7-9-15-33-36(29-17-19-30(38)20-18-29)31-13-11-12-14-32(31)43(33)28(5)6/h9,11-15,17-20,26-28,34H,7-8,10,16,21-25H2,1-6H3/b15-9+. The summed E-state index contributed by atoms with van der Waals surface area (Å²) in [6, 6.07) is 16.6. The molecule has 2 aliphatic heterocycles. The van der Waals surface area contributed by atoms with Crippen LogP contribution in [0.15, 0.2) is 59.6 Å². The van der Waals surface area contributed by atoms with Crippen molar-refractivity contribution in [1.29, 1.82) is 0 Å². The lowest BCUT2D eigenvalue weighted by Gasteiger charge is -2.46. The smallest absolute Gasteiger partial charge is 0.227 e. The average Bonchev–Trinajstić information content (AvgIpc) is 3.62. The van der Waals surface area contributed by atoms with Crippen LogP contribution in [0.2, 0.25) is 0 Å². The fourth-order valence-corrected chi connectivity index (χ4v) is 6.93. The summed E-state index contributed by atoms with van der Waals surface area (Å²) < 4.78 is 16.1. The van der Waals surface area contributed by atoms with Crippen molar-refractivity contribution in [1.82, 2.24) is 19.3 Å². The average molecular weight is 600 g/mol. The maximum Gasteiger partial charge on any atom is 0.227 e. The molecule has 1 unspecified atom stereocenters. The Balaban J connectivity index is 1.24. The molecule has 0 spiro atoms. The van der Waals surface area contributed by atoms with E-state index < -0.39 is 0 Å². The normalized spacial score (nSPS) is 18.5. The Morgan fingerprint density at radius 1 is 0.932 bits per heavy atom. The van der Waals surface area contributed by atoms with Crippen molar-refractivity contribution < 1.29 is 9.18 Å². The Hall–Kier alpha value is -3.29. The van der Waals surface area contributed by atoms with Crippen LogP contribution < -0.4 is 0 Å². The van der Waals surface area contributed by atoms with Gasteiger partial charge in [0.2, 0.25) is 5.91 Å². The quantitative estimate of drug-likeness (QED) is 0.213. The van der Waals surface area contributed by atoms with E-state index >= 15 is 0 Å². The molecule has 0 N–H and O–H groups in total. The zero-order chi connectivity index (χ0) is 31.4. The number of piperazine rings is 1. The number of amides is 1. The highest BCUT2D eigenvalue weighted by molar-refractivity contribution is 6.02. The molecule has 0 radical (unpaired) electrons. The highest BCUT2D eigenvalue weighted by Crippen LogP contribution is 2.38. The van der Waals surface area contributed by atoms with Crippen LogP contribution in [0.3, 0.4) is 0 Å². The third-order valence-corrected chi connectivity index (χ3v) is 9.20. The van der Waals surface area contributed by atoms with Crippen molar-refractivity contribution in [3.05, 3.63) is 66.1 Å². The van der Waals surface area contributed by atoms with Gasteiger partial charge in [0.1, 0.15) is 11.7 Å². The molecule has 1 amide bonds. The second-order valence-electron chi connectivity index (χ2n) is 13.1. The van der Waals surface area contributed by atoms with Gasteiger partial charge in [-0.05, 0) is 90.6 Å². The van der Waals surface area contributed by atoms with Gasteiger partial charge in [-0.15, -0.1) is 0 Å². The predicted molar refractivity (Wildman–Crippen MR) is 182 cm³/mol. The van der Waals surface area contributed by atoms with Crippen LogP contribution in [-0.2, 0) is 4.79 Å².